The number of hydrogen-bond donors (Lipinski definition) is 2. The average Bonchev–Trinajstić information content (AvgIpc) is 2.65. The first-order valence-electron chi connectivity index (χ1n) is 7.46. The van der Waals surface area contributed by atoms with Crippen molar-refractivity contribution in [2.75, 3.05) is 17.7 Å². The Balaban J connectivity index is 1.66. The van der Waals surface area contributed by atoms with Gasteiger partial charge in [0.25, 0.3) is 5.91 Å². The van der Waals surface area contributed by atoms with Crippen LogP contribution in [0.2, 0.25) is 0 Å². The van der Waals surface area contributed by atoms with Crippen LogP contribution in [0, 0.1) is 0 Å². The molecule has 0 saturated heterocycles. The van der Waals surface area contributed by atoms with E-state index < -0.39 is 0 Å². The van der Waals surface area contributed by atoms with Gasteiger partial charge in [0, 0.05) is 10.2 Å². The molecule has 0 fully saturated rings. The lowest BCUT2D eigenvalue weighted by molar-refractivity contribution is 0.102. The molecule has 0 aliphatic rings. The maximum absolute atomic E-state index is 12.2. The predicted octanol–water partition coefficient (Wildman–Crippen LogP) is 4.24. The summed E-state index contributed by atoms with van der Waals surface area (Å²) in [5.41, 5.74) is 1.75. The zero-order valence-corrected chi connectivity index (χ0v) is 14.9. The van der Waals surface area contributed by atoms with Crippen LogP contribution in [0.4, 0.5) is 17.2 Å². The molecular formula is C18H15BrN4O2. The van der Waals surface area contributed by atoms with Crippen LogP contribution >= 0.6 is 15.9 Å². The van der Waals surface area contributed by atoms with Gasteiger partial charge in [-0.2, -0.15) is 0 Å². The summed E-state index contributed by atoms with van der Waals surface area (Å²) < 4.78 is 6.00. The van der Waals surface area contributed by atoms with Crippen molar-refractivity contribution in [2.24, 2.45) is 0 Å². The maximum atomic E-state index is 12.2. The molecule has 0 aliphatic carbocycles. The van der Waals surface area contributed by atoms with E-state index in [-0.39, 0.29) is 11.6 Å². The largest absolute Gasteiger partial charge is 0.497 e. The predicted molar refractivity (Wildman–Crippen MR) is 100 cm³/mol. The molecule has 3 aromatic rings. The van der Waals surface area contributed by atoms with E-state index in [0.717, 1.165) is 15.9 Å². The number of ether oxygens (including phenoxy) is 1. The molecule has 0 bridgehead atoms. The Hall–Kier alpha value is -2.93. The molecule has 6 nitrogen and oxygen atoms in total. The normalized spacial score (nSPS) is 10.2. The second kappa shape index (κ2) is 7.76. The van der Waals surface area contributed by atoms with Crippen LogP contribution in [0.15, 0.2) is 65.1 Å². The van der Waals surface area contributed by atoms with E-state index in [0.29, 0.717) is 11.5 Å². The summed E-state index contributed by atoms with van der Waals surface area (Å²) in [6.45, 7) is 0. The molecule has 0 unspecified atom stereocenters. The first kappa shape index (κ1) is 16.9. The zero-order chi connectivity index (χ0) is 17.6. The molecule has 25 heavy (non-hydrogen) atoms. The number of halogens is 1. The van der Waals surface area contributed by atoms with Gasteiger partial charge in [-0.1, -0.05) is 12.1 Å². The fourth-order valence-electron chi connectivity index (χ4n) is 2.09. The van der Waals surface area contributed by atoms with Crippen LogP contribution in [0.3, 0.4) is 0 Å². The molecule has 2 aromatic carbocycles. The van der Waals surface area contributed by atoms with Crippen molar-refractivity contribution in [3.8, 4) is 5.75 Å². The van der Waals surface area contributed by atoms with E-state index in [9.17, 15) is 4.79 Å². The van der Waals surface area contributed by atoms with Crippen molar-refractivity contribution >= 4 is 39.0 Å². The average molecular weight is 399 g/mol. The highest BCUT2D eigenvalue weighted by Gasteiger charge is 2.09. The lowest BCUT2D eigenvalue weighted by atomic mass is 10.3. The Morgan fingerprint density at radius 3 is 2.40 bits per heavy atom. The van der Waals surface area contributed by atoms with Gasteiger partial charge in [-0.05, 0) is 64.5 Å². The number of amides is 1. The second-order valence-corrected chi connectivity index (χ2v) is 5.95. The Bertz CT molecular complexity index is 867. The summed E-state index contributed by atoms with van der Waals surface area (Å²) in [6.07, 6.45) is 0. The van der Waals surface area contributed by atoms with Gasteiger partial charge >= 0.3 is 0 Å². The van der Waals surface area contributed by atoms with Crippen LogP contribution in [-0.2, 0) is 0 Å². The molecular weight excluding hydrogens is 384 g/mol. The second-order valence-electron chi connectivity index (χ2n) is 5.09. The number of para-hydroxylation sites is 1. The van der Waals surface area contributed by atoms with Crippen molar-refractivity contribution in [1.29, 1.82) is 0 Å². The van der Waals surface area contributed by atoms with Gasteiger partial charge in [-0.15, -0.1) is 10.2 Å². The standard InChI is InChI=1S/C18H15BrN4O2/c1-25-13-8-6-12(7-9-13)20-18(24)16-10-11-17(23-22-16)21-15-5-3-2-4-14(15)19/h2-11H,1H3,(H,20,24)(H,21,23). The van der Waals surface area contributed by atoms with Crippen LogP contribution in [0.25, 0.3) is 0 Å². The molecule has 3 rings (SSSR count). The number of nitrogens with one attached hydrogen (secondary N) is 2. The summed E-state index contributed by atoms with van der Waals surface area (Å²) >= 11 is 3.46. The number of nitrogens with zero attached hydrogens (tertiary/aromatic N) is 2. The monoisotopic (exact) mass is 398 g/mol. The van der Waals surface area contributed by atoms with Crippen LogP contribution < -0.4 is 15.4 Å². The molecule has 7 heteroatoms. The SMILES string of the molecule is COc1ccc(NC(=O)c2ccc(Nc3ccccc3Br)nn2)cc1. The zero-order valence-electron chi connectivity index (χ0n) is 13.4. The highest BCUT2D eigenvalue weighted by Crippen LogP contribution is 2.24. The van der Waals surface area contributed by atoms with E-state index in [4.69, 9.17) is 4.74 Å². The summed E-state index contributed by atoms with van der Waals surface area (Å²) in [5, 5.41) is 13.9. The molecule has 0 atom stereocenters. The molecule has 2 N–H and O–H groups in total. The number of aromatic nitrogens is 2. The van der Waals surface area contributed by atoms with E-state index in [1.54, 1.807) is 43.5 Å². The number of rotatable bonds is 5. The summed E-state index contributed by atoms with van der Waals surface area (Å²) in [6, 6.07) is 18.0. The Morgan fingerprint density at radius 2 is 1.76 bits per heavy atom. The van der Waals surface area contributed by atoms with E-state index in [1.807, 2.05) is 24.3 Å². The van der Waals surface area contributed by atoms with Gasteiger partial charge in [0.1, 0.15) is 5.75 Å². The van der Waals surface area contributed by atoms with Gasteiger partial charge < -0.3 is 15.4 Å². The van der Waals surface area contributed by atoms with Gasteiger partial charge in [-0.3, -0.25) is 4.79 Å². The van der Waals surface area contributed by atoms with Gasteiger partial charge in [0.2, 0.25) is 0 Å². The number of methoxy groups -OCH3 is 1. The molecule has 126 valence electrons. The molecule has 1 amide bonds. The number of carbonyl (C=O) groups is 1. The van der Waals surface area contributed by atoms with Crippen molar-refractivity contribution in [3.63, 3.8) is 0 Å². The fraction of sp³-hybridized carbons (Fsp3) is 0.0556. The summed E-state index contributed by atoms with van der Waals surface area (Å²) in [5.74, 6) is 0.943. The van der Waals surface area contributed by atoms with Crippen LogP contribution in [0.1, 0.15) is 10.5 Å². The maximum Gasteiger partial charge on any atom is 0.276 e. The van der Waals surface area contributed by atoms with Crippen molar-refractivity contribution in [1.82, 2.24) is 10.2 Å². The first-order valence-corrected chi connectivity index (χ1v) is 8.26. The first-order chi connectivity index (χ1) is 12.2. The van der Waals surface area contributed by atoms with Gasteiger partial charge in [-0.25, -0.2) is 0 Å². The van der Waals surface area contributed by atoms with Gasteiger partial charge in [0.05, 0.1) is 12.8 Å². The third kappa shape index (κ3) is 4.33. The quantitative estimate of drug-likeness (QED) is 0.671. The van der Waals surface area contributed by atoms with Crippen molar-refractivity contribution in [3.05, 3.63) is 70.8 Å². The number of hydrogen-bond acceptors (Lipinski definition) is 5. The van der Waals surface area contributed by atoms with E-state index in [1.165, 1.54) is 0 Å². The third-order valence-corrected chi connectivity index (χ3v) is 4.07. The molecule has 0 aliphatic heterocycles. The van der Waals surface area contributed by atoms with Crippen LogP contribution in [0.5, 0.6) is 5.75 Å². The topological polar surface area (TPSA) is 76.1 Å². The molecule has 0 radical (unpaired) electrons. The van der Waals surface area contributed by atoms with Crippen molar-refractivity contribution in [2.45, 2.75) is 0 Å². The number of benzene rings is 2. The third-order valence-electron chi connectivity index (χ3n) is 3.38. The highest BCUT2D eigenvalue weighted by atomic mass is 79.9. The Morgan fingerprint density at radius 1 is 1.00 bits per heavy atom. The van der Waals surface area contributed by atoms with E-state index >= 15 is 0 Å². The Kier molecular flexibility index (Phi) is 5.25. The van der Waals surface area contributed by atoms with E-state index in [2.05, 4.69) is 36.8 Å². The summed E-state index contributed by atoms with van der Waals surface area (Å²) in [4.78, 5) is 12.2. The fourth-order valence-corrected chi connectivity index (χ4v) is 2.47. The minimum atomic E-state index is -0.329. The van der Waals surface area contributed by atoms with Crippen LogP contribution in [-0.4, -0.2) is 23.2 Å². The molecule has 1 heterocycles. The Labute approximate surface area is 153 Å². The molecule has 0 spiro atoms. The smallest absolute Gasteiger partial charge is 0.276 e. The van der Waals surface area contributed by atoms with Gasteiger partial charge in [0.15, 0.2) is 11.5 Å². The molecule has 0 saturated carbocycles. The highest BCUT2D eigenvalue weighted by molar-refractivity contribution is 9.10. The molecule has 1 aromatic heterocycles. The summed E-state index contributed by atoms with van der Waals surface area (Å²) in [7, 11) is 1.59. The van der Waals surface area contributed by atoms with Crippen molar-refractivity contribution < 1.29 is 9.53 Å². The minimum absolute atomic E-state index is 0.230. The minimum Gasteiger partial charge on any atom is -0.497 e. The lowest BCUT2D eigenvalue weighted by Gasteiger charge is -2.08. The lowest BCUT2D eigenvalue weighted by Crippen LogP contribution is -2.14. The number of carbonyl (C=O) groups excluding carboxylic acids is 1. The number of anilines is 3.